The van der Waals surface area contributed by atoms with Crippen LogP contribution in [0.1, 0.15) is 0 Å². The largest absolute Gasteiger partial charge is 1.00 e. The fraction of sp³-hybridized carbons (Fsp3) is 0. The van der Waals surface area contributed by atoms with E-state index in [2.05, 4.69) is 15.4 Å². The van der Waals surface area contributed by atoms with Gasteiger partial charge in [0.2, 0.25) is 0 Å². The van der Waals surface area contributed by atoms with Crippen molar-refractivity contribution in [2.75, 3.05) is 0 Å². The summed E-state index contributed by atoms with van der Waals surface area (Å²) < 4.78 is 0. The van der Waals surface area contributed by atoms with E-state index in [0.717, 1.165) is 0 Å². The maximum absolute atomic E-state index is 3.49. The third-order valence-electron chi connectivity index (χ3n) is 0.331. The first-order valence-electron chi connectivity index (χ1n) is 1.30. The number of rotatable bonds is 0. The number of hydrogen-bond donors (Lipinski definition) is 1. The first kappa shape index (κ1) is 6.78. The molecule has 0 aliphatic rings. The van der Waals surface area contributed by atoms with E-state index in [1.165, 1.54) is 0 Å². The van der Waals surface area contributed by atoms with Crippen molar-refractivity contribution in [2.24, 2.45) is 0 Å². The predicted octanol–water partition coefficient (Wildman–Crippen LogP) is -3.19. The Bertz CT molecular complexity index is 65.3. The summed E-state index contributed by atoms with van der Waals surface area (Å²) >= 11 is 0. The Labute approximate surface area is 77.9 Å². The van der Waals surface area contributed by atoms with Gasteiger partial charge in [0.15, 0.2) is 0 Å². The second kappa shape index (κ2) is 3.95. The number of hydrogen-bond acceptors (Lipinski definition) is 2. The molecule has 0 fully saturated rings. The van der Waals surface area contributed by atoms with Crippen LogP contribution in [-0.4, -0.2) is 15.4 Å². The van der Waals surface area contributed by atoms with Gasteiger partial charge in [-0.2, -0.15) is 15.4 Å². The number of aromatic amines is 1. The van der Waals surface area contributed by atoms with Crippen LogP contribution in [0, 0.1) is 0 Å². The van der Waals surface area contributed by atoms with Crippen LogP contribution in [0.5, 0.6) is 0 Å². The van der Waals surface area contributed by atoms with Crippen LogP contribution >= 0.6 is 0 Å². The molecule has 0 atom stereocenters. The van der Waals surface area contributed by atoms with Gasteiger partial charge in [-0.15, -0.1) is 0 Å². The van der Waals surface area contributed by atoms with Crippen LogP contribution in [-0.2, 0) is 0 Å². The molecule has 4 heteroatoms. The normalized spacial score (nSPS) is 6.67. The van der Waals surface area contributed by atoms with E-state index in [1.54, 1.807) is 12.4 Å². The first-order chi connectivity index (χ1) is 2.50. The Hall–Kier alpha value is 0.776. The van der Waals surface area contributed by atoms with Crippen molar-refractivity contribution in [3.8, 4) is 0 Å². The van der Waals surface area contributed by atoms with E-state index >= 15 is 0 Å². The molecule has 0 saturated carbocycles. The van der Waals surface area contributed by atoms with Gasteiger partial charge < -0.3 is 0 Å². The van der Waals surface area contributed by atoms with Crippen LogP contribution in [0.25, 0.3) is 0 Å². The van der Waals surface area contributed by atoms with Crippen LogP contribution in [0.4, 0.5) is 0 Å². The molecule has 26 valence electrons. The first-order valence-corrected chi connectivity index (χ1v) is 1.30. The van der Waals surface area contributed by atoms with Crippen molar-refractivity contribution >= 4 is 0 Å². The number of nitrogens with one attached hydrogen (secondary N) is 1. The van der Waals surface area contributed by atoms with Crippen LogP contribution in [0.2, 0.25) is 0 Å². The fourth-order valence-corrected chi connectivity index (χ4v) is 0.167. The number of nitrogens with zero attached hydrogens (tertiary/aromatic N) is 2. The summed E-state index contributed by atoms with van der Waals surface area (Å²) in [6.07, 6.45) is 3.17. The van der Waals surface area contributed by atoms with Crippen LogP contribution < -0.4 is 51.4 Å². The average molecular weight is 108 g/mol. The zero-order valence-electron chi connectivity index (χ0n) is 3.55. The molecule has 0 amide bonds. The van der Waals surface area contributed by atoms with Gasteiger partial charge in [-0.3, -0.25) is 0 Å². The summed E-state index contributed by atoms with van der Waals surface area (Å²) in [6.45, 7) is 0. The zero-order valence-corrected chi connectivity index (χ0v) is 6.67. The van der Waals surface area contributed by atoms with Gasteiger partial charge in [-0.1, -0.05) is 0 Å². The van der Waals surface area contributed by atoms with E-state index < -0.39 is 0 Å². The molecule has 0 aliphatic carbocycles. The summed E-state index contributed by atoms with van der Waals surface area (Å²) in [5.74, 6) is 0. The second-order valence-corrected chi connectivity index (χ2v) is 0.656. The Kier molecular flexibility index (Phi) is 4.46. The summed E-state index contributed by atoms with van der Waals surface area (Å²) in [6, 6.07) is 0. The quantitative estimate of drug-likeness (QED) is 0.356. The topological polar surface area (TPSA) is 41.6 Å². The smallest absolute Gasteiger partial charge is 0.198 e. The molecule has 1 N–H and O–H groups in total. The van der Waals surface area contributed by atoms with E-state index in [-0.39, 0.29) is 51.4 Å². The Morgan fingerprint density at radius 2 is 1.67 bits per heavy atom. The molecule has 0 bridgehead atoms. The minimum absolute atomic E-state index is 0. The molecule has 0 saturated heterocycles. The summed E-state index contributed by atoms with van der Waals surface area (Å²) in [4.78, 5) is 0. The molecule has 1 rings (SSSR count). The second-order valence-electron chi connectivity index (χ2n) is 0.656. The predicted molar refractivity (Wildman–Crippen MR) is 16.4 cm³/mol. The summed E-state index contributed by atoms with van der Waals surface area (Å²) in [5.41, 5.74) is 0. The van der Waals surface area contributed by atoms with Gasteiger partial charge in [-0.25, -0.2) is 0 Å². The summed E-state index contributed by atoms with van der Waals surface area (Å²) in [5, 5.41) is 9.33. The van der Waals surface area contributed by atoms with Gasteiger partial charge >= 0.3 is 51.4 Å². The van der Waals surface area contributed by atoms with Crippen molar-refractivity contribution in [3.05, 3.63) is 12.4 Å². The average Bonchev–Trinajstić information content (AvgIpc) is 1.76. The molecule has 6 heavy (non-hydrogen) atoms. The molecule has 3 nitrogen and oxygen atoms in total. The number of H-pyrrole nitrogens is 1. The van der Waals surface area contributed by atoms with Gasteiger partial charge in [0.25, 0.3) is 0 Å². The molecule has 0 aromatic carbocycles. The van der Waals surface area contributed by atoms with Crippen molar-refractivity contribution in [3.63, 3.8) is 0 Å². The Morgan fingerprint density at radius 3 is 1.83 bits per heavy atom. The van der Waals surface area contributed by atoms with Crippen molar-refractivity contribution in [2.45, 2.75) is 0 Å². The SMILES string of the molecule is [K+].c1cn[nH]n1. The van der Waals surface area contributed by atoms with Crippen molar-refractivity contribution in [1.82, 2.24) is 15.4 Å². The zero-order chi connectivity index (χ0) is 3.54. The van der Waals surface area contributed by atoms with Crippen molar-refractivity contribution in [1.29, 1.82) is 0 Å². The Morgan fingerprint density at radius 1 is 1.17 bits per heavy atom. The molecule has 1 aromatic heterocycles. The Balaban J connectivity index is 0.000000250. The van der Waals surface area contributed by atoms with Gasteiger partial charge in [0, 0.05) is 0 Å². The third-order valence-corrected chi connectivity index (χ3v) is 0.331. The van der Waals surface area contributed by atoms with E-state index in [4.69, 9.17) is 0 Å². The fourth-order valence-electron chi connectivity index (χ4n) is 0.167. The van der Waals surface area contributed by atoms with Crippen LogP contribution in [0.3, 0.4) is 0 Å². The van der Waals surface area contributed by atoms with Gasteiger partial charge in [0.05, 0.1) is 12.4 Å². The van der Waals surface area contributed by atoms with Crippen molar-refractivity contribution < 1.29 is 51.4 Å². The summed E-state index contributed by atoms with van der Waals surface area (Å²) in [7, 11) is 0. The molecule has 1 aromatic rings. The van der Waals surface area contributed by atoms with E-state index in [9.17, 15) is 0 Å². The molecule has 0 spiro atoms. The van der Waals surface area contributed by atoms with Gasteiger partial charge in [-0.05, 0) is 0 Å². The third kappa shape index (κ3) is 2.04. The minimum Gasteiger partial charge on any atom is -0.198 e. The monoisotopic (exact) mass is 108 g/mol. The molecule has 0 aliphatic heterocycles. The van der Waals surface area contributed by atoms with E-state index in [1.807, 2.05) is 0 Å². The maximum Gasteiger partial charge on any atom is 1.00 e. The molecule has 0 radical (unpaired) electrons. The van der Waals surface area contributed by atoms with Gasteiger partial charge in [0.1, 0.15) is 0 Å². The molecular formula is C2H3KN3+. The molecular weight excluding hydrogens is 105 g/mol. The van der Waals surface area contributed by atoms with E-state index in [0.29, 0.717) is 0 Å². The molecule has 1 heterocycles. The number of aromatic nitrogens is 3. The standard InChI is InChI=1S/C2H3N3.K/c1-2-4-5-3-1;/h1-2H,(H,3,4,5);/q;+1. The maximum atomic E-state index is 3.49. The van der Waals surface area contributed by atoms with Crippen LogP contribution in [0.15, 0.2) is 12.4 Å². The molecule has 0 unspecified atom stereocenters. The minimum atomic E-state index is 0.